The Bertz CT molecular complexity index is 1700. The van der Waals surface area contributed by atoms with Gasteiger partial charge in [-0.2, -0.15) is 13.2 Å². The molecule has 0 unspecified atom stereocenters. The van der Waals surface area contributed by atoms with Crippen LogP contribution in [0.4, 0.5) is 17.6 Å². The maximum absolute atomic E-state index is 14.4. The van der Waals surface area contributed by atoms with E-state index in [2.05, 4.69) is 16.8 Å². The van der Waals surface area contributed by atoms with Gasteiger partial charge in [-0.25, -0.2) is 4.39 Å². The number of para-hydroxylation sites is 1. The topological polar surface area (TPSA) is 22.1 Å². The maximum atomic E-state index is 14.4. The summed E-state index contributed by atoms with van der Waals surface area (Å²) in [6.45, 7) is 1.68. The number of nitrogens with zero attached hydrogens (tertiary/aromatic N) is 1. The average molecular weight is 526 g/mol. The second kappa shape index (κ2) is 11.0. The number of alkyl halides is 3. The Morgan fingerprint density at radius 1 is 0.846 bits per heavy atom. The molecule has 6 heteroatoms. The lowest BCUT2D eigenvalue weighted by molar-refractivity contribution is -0.136. The summed E-state index contributed by atoms with van der Waals surface area (Å²) in [6.07, 6.45) is -4.18. The van der Waals surface area contributed by atoms with Crippen LogP contribution in [0.1, 0.15) is 34.9 Å². The molecular formula is C33H23F4NO. The van der Waals surface area contributed by atoms with E-state index < -0.39 is 17.6 Å². The van der Waals surface area contributed by atoms with Crippen LogP contribution < -0.4 is 4.74 Å². The van der Waals surface area contributed by atoms with Crippen molar-refractivity contribution in [3.8, 4) is 28.7 Å². The van der Waals surface area contributed by atoms with E-state index in [1.165, 1.54) is 12.1 Å². The molecule has 0 atom stereocenters. The standard InChI is InChI=1S/C33H23F4NO/c1-2-8-22-15-16-31(34)25(17-22)21-39-27-12-6-11-24(19-27)29-20-26(18-23-9-4-3-5-10-23)38-32-28(29)13-7-14-30(32)33(35,36)37/h3-7,9-17,19-20H,18,21H2,1H3. The first-order chi connectivity index (χ1) is 18.8. The van der Waals surface area contributed by atoms with E-state index in [-0.39, 0.29) is 12.1 Å². The van der Waals surface area contributed by atoms with Gasteiger partial charge in [-0.15, -0.1) is 5.92 Å². The molecule has 0 fully saturated rings. The van der Waals surface area contributed by atoms with Crippen LogP contribution in [0.25, 0.3) is 22.0 Å². The monoisotopic (exact) mass is 525 g/mol. The van der Waals surface area contributed by atoms with Gasteiger partial charge in [0.1, 0.15) is 18.2 Å². The van der Waals surface area contributed by atoms with Crippen molar-refractivity contribution in [2.45, 2.75) is 26.1 Å². The first-order valence-corrected chi connectivity index (χ1v) is 12.3. The number of ether oxygens (including phenoxy) is 1. The summed E-state index contributed by atoms with van der Waals surface area (Å²) in [6, 6.07) is 27.0. The maximum Gasteiger partial charge on any atom is 0.418 e. The third-order valence-corrected chi connectivity index (χ3v) is 6.28. The lowest BCUT2D eigenvalue weighted by atomic mass is 9.96. The molecular weight excluding hydrogens is 502 g/mol. The second-order valence-corrected chi connectivity index (χ2v) is 9.02. The Kier molecular flexibility index (Phi) is 7.33. The molecule has 0 bridgehead atoms. The van der Waals surface area contributed by atoms with E-state index in [1.54, 1.807) is 43.3 Å². The predicted molar refractivity (Wildman–Crippen MR) is 145 cm³/mol. The highest BCUT2D eigenvalue weighted by Gasteiger charge is 2.33. The van der Waals surface area contributed by atoms with Crippen LogP contribution in [-0.4, -0.2) is 4.98 Å². The Hall–Kier alpha value is -4.63. The molecule has 2 nitrogen and oxygen atoms in total. The molecule has 0 amide bonds. The summed E-state index contributed by atoms with van der Waals surface area (Å²) < 4.78 is 62.1. The number of hydrogen-bond acceptors (Lipinski definition) is 2. The highest BCUT2D eigenvalue weighted by atomic mass is 19.4. The number of pyridine rings is 1. The smallest absolute Gasteiger partial charge is 0.418 e. The largest absolute Gasteiger partial charge is 0.489 e. The van der Waals surface area contributed by atoms with Gasteiger partial charge < -0.3 is 4.74 Å². The van der Waals surface area contributed by atoms with Gasteiger partial charge in [0.15, 0.2) is 0 Å². The number of benzene rings is 4. The number of fused-ring (bicyclic) bond motifs is 1. The van der Waals surface area contributed by atoms with Crippen molar-refractivity contribution in [2.75, 3.05) is 0 Å². The van der Waals surface area contributed by atoms with Crippen LogP contribution in [0, 0.1) is 17.7 Å². The number of aromatic nitrogens is 1. The Morgan fingerprint density at radius 3 is 2.41 bits per heavy atom. The van der Waals surface area contributed by atoms with E-state index >= 15 is 0 Å². The minimum absolute atomic E-state index is 0.0247. The quantitative estimate of drug-likeness (QED) is 0.164. The van der Waals surface area contributed by atoms with E-state index in [1.807, 2.05) is 42.5 Å². The molecule has 0 spiro atoms. The fraction of sp³-hybridized carbons (Fsp3) is 0.121. The zero-order chi connectivity index (χ0) is 27.4. The molecule has 0 radical (unpaired) electrons. The lowest BCUT2D eigenvalue weighted by Crippen LogP contribution is -2.08. The van der Waals surface area contributed by atoms with Crippen molar-refractivity contribution in [3.63, 3.8) is 0 Å². The molecule has 0 N–H and O–H groups in total. The van der Waals surface area contributed by atoms with Crippen molar-refractivity contribution in [1.29, 1.82) is 0 Å². The molecule has 0 aliphatic heterocycles. The Morgan fingerprint density at radius 2 is 1.64 bits per heavy atom. The fourth-order valence-corrected chi connectivity index (χ4v) is 4.49. The van der Waals surface area contributed by atoms with Crippen LogP contribution in [0.2, 0.25) is 0 Å². The normalized spacial score (nSPS) is 11.2. The van der Waals surface area contributed by atoms with Gasteiger partial charge in [-0.1, -0.05) is 60.5 Å². The summed E-state index contributed by atoms with van der Waals surface area (Å²) in [5, 5.41) is 0.385. The molecule has 0 saturated heterocycles. The molecule has 1 aromatic heterocycles. The predicted octanol–water partition coefficient (Wildman–Crippen LogP) is 8.60. The second-order valence-electron chi connectivity index (χ2n) is 9.02. The zero-order valence-electron chi connectivity index (χ0n) is 21.0. The van der Waals surface area contributed by atoms with Crippen molar-refractivity contribution < 1.29 is 22.3 Å². The summed E-state index contributed by atoms with van der Waals surface area (Å²) in [4.78, 5) is 4.45. The van der Waals surface area contributed by atoms with E-state index in [0.717, 1.165) is 11.6 Å². The van der Waals surface area contributed by atoms with Gasteiger partial charge in [0.05, 0.1) is 11.1 Å². The molecule has 0 aliphatic carbocycles. The van der Waals surface area contributed by atoms with Crippen molar-refractivity contribution in [2.24, 2.45) is 0 Å². The molecule has 0 saturated carbocycles. The average Bonchev–Trinajstić information content (AvgIpc) is 2.93. The highest BCUT2D eigenvalue weighted by Crippen LogP contribution is 2.38. The van der Waals surface area contributed by atoms with Gasteiger partial charge in [-0.05, 0) is 66.1 Å². The first kappa shape index (κ1) is 26.0. The summed E-state index contributed by atoms with van der Waals surface area (Å²) >= 11 is 0. The summed E-state index contributed by atoms with van der Waals surface area (Å²) in [7, 11) is 0. The van der Waals surface area contributed by atoms with Crippen LogP contribution >= 0.6 is 0 Å². The Labute approximate surface area is 223 Å². The van der Waals surface area contributed by atoms with Gasteiger partial charge in [0, 0.05) is 28.6 Å². The molecule has 1 heterocycles. The van der Waals surface area contributed by atoms with E-state index in [9.17, 15) is 17.6 Å². The highest BCUT2D eigenvalue weighted by molar-refractivity contribution is 5.96. The van der Waals surface area contributed by atoms with Gasteiger partial charge in [0.25, 0.3) is 0 Å². The van der Waals surface area contributed by atoms with Crippen LogP contribution in [0.3, 0.4) is 0 Å². The van der Waals surface area contributed by atoms with Gasteiger partial charge in [0.2, 0.25) is 0 Å². The lowest BCUT2D eigenvalue weighted by Gasteiger charge is -2.15. The molecule has 0 aliphatic rings. The summed E-state index contributed by atoms with van der Waals surface area (Å²) in [5.41, 5.74) is 2.88. The number of halogens is 4. The van der Waals surface area contributed by atoms with E-state index in [0.29, 0.717) is 45.5 Å². The minimum Gasteiger partial charge on any atom is -0.489 e. The zero-order valence-corrected chi connectivity index (χ0v) is 21.0. The summed E-state index contributed by atoms with van der Waals surface area (Å²) in [5.74, 6) is 5.74. The molecule has 4 aromatic carbocycles. The van der Waals surface area contributed by atoms with Crippen molar-refractivity contribution in [1.82, 2.24) is 4.98 Å². The first-order valence-electron chi connectivity index (χ1n) is 12.3. The van der Waals surface area contributed by atoms with Gasteiger partial charge >= 0.3 is 6.18 Å². The third-order valence-electron chi connectivity index (χ3n) is 6.28. The van der Waals surface area contributed by atoms with Crippen LogP contribution in [-0.2, 0) is 19.2 Å². The third kappa shape index (κ3) is 5.94. The van der Waals surface area contributed by atoms with E-state index in [4.69, 9.17) is 4.74 Å². The Balaban J connectivity index is 1.55. The van der Waals surface area contributed by atoms with Crippen LogP contribution in [0.5, 0.6) is 5.75 Å². The molecule has 5 aromatic rings. The van der Waals surface area contributed by atoms with Crippen molar-refractivity contribution >= 4 is 10.9 Å². The molecule has 5 rings (SSSR count). The van der Waals surface area contributed by atoms with Gasteiger partial charge in [-0.3, -0.25) is 4.98 Å². The number of rotatable bonds is 6. The minimum atomic E-state index is -4.55. The van der Waals surface area contributed by atoms with Crippen LogP contribution in [0.15, 0.2) is 97.1 Å². The fourth-order valence-electron chi connectivity index (χ4n) is 4.49. The van der Waals surface area contributed by atoms with Crippen molar-refractivity contribution in [3.05, 3.63) is 131 Å². The number of hydrogen-bond donors (Lipinski definition) is 0. The molecule has 194 valence electrons. The SMILES string of the molecule is CC#Cc1ccc(F)c(COc2cccc(-c3cc(Cc4ccccc4)nc4c(C(F)(F)F)cccc34)c2)c1. The molecule has 39 heavy (non-hydrogen) atoms.